The SMILES string of the molecule is CCN(CC)S(=O)(=O)c1ccc(OCC(=O)N[C@@H](C)CCc2ccccc2)cc1. The second-order valence-corrected chi connectivity index (χ2v) is 8.78. The van der Waals surface area contributed by atoms with Gasteiger partial charge in [-0.3, -0.25) is 4.79 Å². The van der Waals surface area contributed by atoms with Crippen molar-refractivity contribution in [2.45, 2.75) is 44.6 Å². The Bertz CT molecular complexity index is 863. The van der Waals surface area contributed by atoms with E-state index in [0.717, 1.165) is 12.8 Å². The average molecular weight is 419 g/mol. The van der Waals surface area contributed by atoms with Gasteiger partial charge in [0, 0.05) is 19.1 Å². The number of rotatable bonds is 11. The maximum atomic E-state index is 12.5. The van der Waals surface area contributed by atoms with Gasteiger partial charge in [0.2, 0.25) is 10.0 Å². The van der Waals surface area contributed by atoms with E-state index in [-0.39, 0.29) is 23.5 Å². The van der Waals surface area contributed by atoms with Crippen LogP contribution in [0.5, 0.6) is 5.75 Å². The topological polar surface area (TPSA) is 75.7 Å². The number of nitrogens with one attached hydrogen (secondary N) is 1. The Hall–Kier alpha value is -2.38. The van der Waals surface area contributed by atoms with E-state index < -0.39 is 10.0 Å². The van der Waals surface area contributed by atoms with Crippen LogP contribution in [0.25, 0.3) is 0 Å². The minimum Gasteiger partial charge on any atom is -0.484 e. The first kappa shape index (κ1) is 22.9. The highest BCUT2D eigenvalue weighted by Gasteiger charge is 2.21. The molecule has 0 aliphatic rings. The second-order valence-electron chi connectivity index (χ2n) is 6.84. The molecule has 1 atom stereocenters. The fraction of sp³-hybridized carbons (Fsp3) is 0.409. The summed E-state index contributed by atoms with van der Waals surface area (Å²) in [5.74, 6) is 0.251. The number of carbonyl (C=O) groups excluding carboxylic acids is 1. The molecule has 0 fully saturated rings. The quantitative estimate of drug-likeness (QED) is 0.608. The summed E-state index contributed by atoms with van der Waals surface area (Å²) in [6.45, 7) is 6.29. The van der Waals surface area contributed by atoms with Crippen molar-refractivity contribution in [2.24, 2.45) is 0 Å². The van der Waals surface area contributed by atoms with E-state index in [4.69, 9.17) is 4.74 Å². The zero-order valence-corrected chi connectivity index (χ0v) is 18.1. The van der Waals surface area contributed by atoms with Crippen molar-refractivity contribution in [1.82, 2.24) is 9.62 Å². The second kappa shape index (κ2) is 11.0. The molecule has 0 unspecified atom stereocenters. The first-order valence-electron chi connectivity index (χ1n) is 9.93. The lowest BCUT2D eigenvalue weighted by atomic mass is 10.1. The van der Waals surface area contributed by atoms with Crippen molar-refractivity contribution in [3.05, 3.63) is 60.2 Å². The van der Waals surface area contributed by atoms with Gasteiger partial charge in [-0.2, -0.15) is 4.31 Å². The highest BCUT2D eigenvalue weighted by molar-refractivity contribution is 7.89. The van der Waals surface area contributed by atoms with Crippen molar-refractivity contribution in [3.63, 3.8) is 0 Å². The first-order chi connectivity index (χ1) is 13.9. The lowest BCUT2D eigenvalue weighted by molar-refractivity contribution is -0.123. The molecular weight excluding hydrogens is 388 g/mol. The number of hydrogen-bond acceptors (Lipinski definition) is 4. The van der Waals surface area contributed by atoms with E-state index in [2.05, 4.69) is 17.4 Å². The maximum absolute atomic E-state index is 12.5. The molecule has 0 radical (unpaired) electrons. The largest absolute Gasteiger partial charge is 0.484 e. The number of benzene rings is 2. The molecule has 0 aromatic heterocycles. The van der Waals surface area contributed by atoms with Crippen molar-refractivity contribution in [1.29, 1.82) is 0 Å². The number of nitrogens with zero attached hydrogens (tertiary/aromatic N) is 1. The number of sulfonamides is 1. The fourth-order valence-electron chi connectivity index (χ4n) is 2.99. The summed E-state index contributed by atoms with van der Waals surface area (Å²) < 4.78 is 31.8. The molecule has 0 saturated carbocycles. The number of aryl methyl sites for hydroxylation is 1. The third-order valence-electron chi connectivity index (χ3n) is 4.65. The number of amides is 1. The van der Waals surface area contributed by atoms with Gasteiger partial charge in [0.15, 0.2) is 6.61 Å². The van der Waals surface area contributed by atoms with Gasteiger partial charge >= 0.3 is 0 Å². The van der Waals surface area contributed by atoms with Gasteiger partial charge in [-0.25, -0.2) is 8.42 Å². The summed E-state index contributed by atoms with van der Waals surface area (Å²) in [5.41, 5.74) is 1.24. The van der Waals surface area contributed by atoms with Crippen LogP contribution in [-0.4, -0.2) is 44.4 Å². The van der Waals surface area contributed by atoms with Crippen molar-refractivity contribution in [3.8, 4) is 5.75 Å². The van der Waals surface area contributed by atoms with E-state index in [9.17, 15) is 13.2 Å². The highest BCUT2D eigenvalue weighted by atomic mass is 32.2. The standard InChI is InChI=1S/C22H30N2O4S/c1-4-24(5-2)29(26,27)21-15-13-20(14-16-21)28-17-22(25)23-18(3)11-12-19-9-7-6-8-10-19/h6-10,13-16,18H,4-5,11-12,17H2,1-3H3,(H,23,25)/t18-/m0/s1. The monoisotopic (exact) mass is 418 g/mol. The third-order valence-corrected chi connectivity index (χ3v) is 6.72. The maximum Gasteiger partial charge on any atom is 0.258 e. The fourth-order valence-corrected chi connectivity index (χ4v) is 4.44. The van der Waals surface area contributed by atoms with Crippen LogP contribution < -0.4 is 10.1 Å². The molecule has 2 aromatic rings. The number of hydrogen-bond donors (Lipinski definition) is 1. The van der Waals surface area contributed by atoms with Crippen LogP contribution in [0.15, 0.2) is 59.5 Å². The molecule has 0 aliphatic heterocycles. The van der Waals surface area contributed by atoms with Crippen LogP contribution in [0.3, 0.4) is 0 Å². The molecule has 2 rings (SSSR count). The van der Waals surface area contributed by atoms with Gasteiger partial charge in [-0.15, -0.1) is 0 Å². The van der Waals surface area contributed by atoms with Crippen LogP contribution in [-0.2, 0) is 21.2 Å². The van der Waals surface area contributed by atoms with Crippen LogP contribution in [0, 0.1) is 0 Å². The predicted octanol–water partition coefficient (Wildman–Crippen LogP) is 3.23. The molecule has 7 heteroatoms. The van der Waals surface area contributed by atoms with Crippen LogP contribution in [0.2, 0.25) is 0 Å². The van der Waals surface area contributed by atoms with Gasteiger partial charge in [-0.05, 0) is 49.6 Å². The Labute approximate surface area is 173 Å². The number of ether oxygens (including phenoxy) is 1. The molecular formula is C22H30N2O4S. The summed E-state index contributed by atoms with van der Waals surface area (Å²) >= 11 is 0. The van der Waals surface area contributed by atoms with Crippen LogP contribution >= 0.6 is 0 Å². The molecule has 0 spiro atoms. The van der Waals surface area contributed by atoms with Gasteiger partial charge in [0.1, 0.15) is 5.75 Å². The van der Waals surface area contributed by atoms with Crippen molar-refractivity contribution in [2.75, 3.05) is 19.7 Å². The van der Waals surface area contributed by atoms with Crippen LogP contribution in [0.1, 0.15) is 32.8 Å². The minimum absolute atomic E-state index is 0.0351. The van der Waals surface area contributed by atoms with E-state index in [0.29, 0.717) is 18.8 Å². The van der Waals surface area contributed by atoms with Crippen LogP contribution in [0.4, 0.5) is 0 Å². The minimum atomic E-state index is -3.50. The summed E-state index contributed by atoms with van der Waals surface area (Å²) in [4.78, 5) is 12.3. The number of carbonyl (C=O) groups is 1. The van der Waals surface area contributed by atoms with E-state index in [1.807, 2.05) is 25.1 Å². The Morgan fingerprint density at radius 2 is 1.66 bits per heavy atom. The molecule has 2 aromatic carbocycles. The molecule has 6 nitrogen and oxygen atoms in total. The Morgan fingerprint density at radius 1 is 1.03 bits per heavy atom. The molecule has 0 bridgehead atoms. The molecule has 0 saturated heterocycles. The predicted molar refractivity (Wildman–Crippen MR) is 114 cm³/mol. The Morgan fingerprint density at radius 3 is 2.24 bits per heavy atom. The summed E-state index contributed by atoms with van der Waals surface area (Å²) in [5, 5.41) is 2.92. The molecule has 0 aliphatic carbocycles. The molecule has 29 heavy (non-hydrogen) atoms. The van der Waals surface area contributed by atoms with E-state index >= 15 is 0 Å². The summed E-state index contributed by atoms with van der Waals surface area (Å²) in [6.07, 6.45) is 1.74. The van der Waals surface area contributed by atoms with Gasteiger partial charge in [0.25, 0.3) is 5.91 Å². The molecule has 158 valence electrons. The first-order valence-corrected chi connectivity index (χ1v) is 11.4. The zero-order valence-electron chi connectivity index (χ0n) is 17.3. The Kier molecular flexibility index (Phi) is 8.67. The Balaban J connectivity index is 1.81. The van der Waals surface area contributed by atoms with Crippen molar-refractivity contribution >= 4 is 15.9 Å². The smallest absolute Gasteiger partial charge is 0.258 e. The lowest BCUT2D eigenvalue weighted by Gasteiger charge is -2.18. The van der Waals surface area contributed by atoms with Gasteiger partial charge in [-0.1, -0.05) is 44.2 Å². The van der Waals surface area contributed by atoms with Gasteiger partial charge < -0.3 is 10.1 Å². The van der Waals surface area contributed by atoms with E-state index in [1.54, 1.807) is 26.0 Å². The molecule has 1 amide bonds. The summed E-state index contributed by atoms with van der Waals surface area (Å²) in [6, 6.07) is 16.3. The van der Waals surface area contributed by atoms with E-state index in [1.165, 1.54) is 22.0 Å². The van der Waals surface area contributed by atoms with Gasteiger partial charge in [0.05, 0.1) is 4.90 Å². The highest BCUT2D eigenvalue weighted by Crippen LogP contribution is 2.19. The normalized spacial score (nSPS) is 12.6. The average Bonchev–Trinajstić information content (AvgIpc) is 2.72. The van der Waals surface area contributed by atoms with Crippen molar-refractivity contribution < 1.29 is 17.9 Å². The summed E-state index contributed by atoms with van der Waals surface area (Å²) in [7, 11) is -3.50. The molecule has 1 N–H and O–H groups in total. The molecule has 0 heterocycles. The third kappa shape index (κ3) is 6.87. The zero-order chi connectivity index (χ0) is 21.3. The lowest BCUT2D eigenvalue weighted by Crippen LogP contribution is -2.36.